The molecule has 1 aliphatic heterocycles. The van der Waals surface area contributed by atoms with Crippen molar-refractivity contribution in [3.05, 3.63) is 64.1 Å². The van der Waals surface area contributed by atoms with Crippen LogP contribution >= 0.6 is 11.3 Å². The average molecular weight is 455 g/mol. The molecule has 32 heavy (non-hydrogen) atoms. The molecule has 166 valence electrons. The van der Waals surface area contributed by atoms with Gasteiger partial charge in [-0.3, -0.25) is 4.79 Å². The molecule has 0 unspecified atom stereocenters. The van der Waals surface area contributed by atoms with Gasteiger partial charge in [-0.05, 0) is 31.2 Å². The van der Waals surface area contributed by atoms with Crippen LogP contribution in [0.4, 0.5) is 5.69 Å². The quantitative estimate of drug-likeness (QED) is 0.539. The Kier molecular flexibility index (Phi) is 6.86. The van der Waals surface area contributed by atoms with E-state index in [4.69, 9.17) is 18.9 Å². The number of aromatic nitrogens is 1. The Hall–Kier alpha value is -3.59. The number of esters is 1. The highest BCUT2D eigenvalue weighted by Gasteiger charge is 2.16. The zero-order valence-corrected chi connectivity index (χ0v) is 18.3. The van der Waals surface area contributed by atoms with E-state index >= 15 is 0 Å². The van der Waals surface area contributed by atoms with E-state index in [1.165, 1.54) is 11.3 Å². The Morgan fingerprint density at radius 2 is 1.88 bits per heavy atom. The van der Waals surface area contributed by atoms with Crippen LogP contribution in [0.5, 0.6) is 17.2 Å². The fourth-order valence-corrected chi connectivity index (χ4v) is 3.57. The van der Waals surface area contributed by atoms with Crippen LogP contribution in [-0.2, 0) is 16.1 Å². The molecule has 1 N–H and O–H groups in total. The third kappa shape index (κ3) is 5.76. The van der Waals surface area contributed by atoms with Gasteiger partial charge in [0.05, 0.1) is 13.2 Å². The summed E-state index contributed by atoms with van der Waals surface area (Å²) in [6, 6.07) is 12.8. The second-order valence-corrected chi connectivity index (χ2v) is 8.01. The van der Waals surface area contributed by atoms with Gasteiger partial charge in [-0.2, -0.15) is 0 Å². The lowest BCUT2D eigenvalue weighted by Gasteiger charge is -2.10. The molecule has 0 saturated heterocycles. The maximum absolute atomic E-state index is 12.2. The minimum Gasteiger partial charge on any atom is -0.490 e. The van der Waals surface area contributed by atoms with Crippen molar-refractivity contribution < 1.29 is 28.5 Å². The number of anilines is 1. The summed E-state index contributed by atoms with van der Waals surface area (Å²) in [4.78, 5) is 28.6. The van der Waals surface area contributed by atoms with Crippen molar-refractivity contribution in [2.24, 2.45) is 0 Å². The largest absolute Gasteiger partial charge is 0.490 e. The third-order valence-electron chi connectivity index (χ3n) is 4.51. The van der Waals surface area contributed by atoms with Crippen LogP contribution in [0.25, 0.3) is 0 Å². The first kappa shape index (κ1) is 21.6. The summed E-state index contributed by atoms with van der Waals surface area (Å²) in [6.07, 6.45) is 0.794. The highest BCUT2D eigenvalue weighted by molar-refractivity contribution is 7.09. The third-order valence-corrected chi connectivity index (χ3v) is 5.33. The number of nitrogens with zero attached hydrogens (tertiary/aromatic N) is 1. The molecule has 1 aliphatic rings. The lowest BCUT2D eigenvalue weighted by Crippen LogP contribution is -2.21. The van der Waals surface area contributed by atoms with E-state index in [-0.39, 0.29) is 12.3 Å². The molecule has 0 spiro atoms. The van der Waals surface area contributed by atoms with Crippen molar-refractivity contribution in [3.63, 3.8) is 0 Å². The van der Waals surface area contributed by atoms with Gasteiger partial charge < -0.3 is 24.3 Å². The molecule has 0 fully saturated rings. The van der Waals surface area contributed by atoms with Gasteiger partial charge >= 0.3 is 5.97 Å². The van der Waals surface area contributed by atoms with Crippen molar-refractivity contribution in [1.29, 1.82) is 0 Å². The van der Waals surface area contributed by atoms with Gasteiger partial charge in [0.25, 0.3) is 5.91 Å². The highest BCUT2D eigenvalue weighted by atomic mass is 32.1. The minimum absolute atomic E-state index is 0.140. The van der Waals surface area contributed by atoms with Gasteiger partial charge in [-0.25, -0.2) is 9.78 Å². The van der Waals surface area contributed by atoms with Crippen LogP contribution in [-0.4, -0.2) is 36.7 Å². The molecular formula is C23H22N2O6S. The molecule has 1 amide bonds. The second-order valence-electron chi connectivity index (χ2n) is 7.06. The molecule has 3 aromatic rings. The van der Waals surface area contributed by atoms with E-state index in [1.807, 2.05) is 31.2 Å². The number of benzene rings is 2. The van der Waals surface area contributed by atoms with Crippen LogP contribution in [0.2, 0.25) is 0 Å². The number of thiazole rings is 1. The summed E-state index contributed by atoms with van der Waals surface area (Å²) in [5.41, 5.74) is 1.81. The molecule has 0 radical (unpaired) electrons. The Morgan fingerprint density at radius 3 is 2.69 bits per heavy atom. The summed E-state index contributed by atoms with van der Waals surface area (Å²) in [6.45, 7) is 2.95. The van der Waals surface area contributed by atoms with Crippen molar-refractivity contribution in [3.8, 4) is 17.2 Å². The zero-order valence-electron chi connectivity index (χ0n) is 17.5. The highest BCUT2D eigenvalue weighted by Crippen LogP contribution is 2.32. The van der Waals surface area contributed by atoms with Gasteiger partial charge in [0.15, 0.2) is 23.8 Å². The van der Waals surface area contributed by atoms with Crippen LogP contribution in [0.1, 0.15) is 27.5 Å². The maximum Gasteiger partial charge on any atom is 0.358 e. The number of hydrogen-bond acceptors (Lipinski definition) is 8. The molecule has 2 heterocycles. The first-order valence-corrected chi connectivity index (χ1v) is 11.0. The zero-order chi connectivity index (χ0) is 22.3. The molecule has 9 heteroatoms. The maximum atomic E-state index is 12.2. The minimum atomic E-state index is -0.670. The van der Waals surface area contributed by atoms with E-state index in [0.717, 1.165) is 17.7 Å². The predicted molar refractivity (Wildman–Crippen MR) is 119 cm³/mol. The molecular weight excluding hydrogens is 432 g/mol. The van der Waals surface area contributed by atoms with Crippen molar-refractivity contribution in [2.45, 2.75) is 20.0 Å². The number of rotatable bonds is 7. The van der Waals surface area contributed by atoms with Crippen molar-refractivity contribution >= 4 is 28.9 Å². The van der Waals surface area contributed by atoms with Crippen molar-refractivity contribution in [2.75, 3.05) is 25.1 Å². The van der Waals surface area contributed by atoms with Crippen LogP contribution in [0.3, 0.4) is 0 Å². The molecule has 2 aromatic carbocycles. The molecule has 0 atom stereocenters. The number of nitrogens with one attached hydrogen (secondary N) is 1. The number of carbonyl (C=O) groups excluding carboxylic acids is 2. The van der Waals surface area contributed by atoms with E-state index in [1.54, 1.807) is 23.6 Å². The lowest BCUT2D eigenvalue weighted by atomic mass is 10.2. The summed E-state index contributed by atoms with van der Waals surface area (Å²) >= 11 is 1.29. The molecule has 0 bridgehead atoms. The number of carbonyl (C=O) groups is 2. The Balaban J connectivity index is 1.25. The number of fused-ring (bicyclic) bond motifs is 1. The molecule has 0 aliphatic carbocycles. The fraction of sp³-hybridized carbons (Fsp3) is 0.261. The molecule has 8 nitrogen and oxygen atoms in total. The van der Waals surface area contributed by atoms with Crippen LogP contribution < -0.4 is 19.5 Å². The summed E-state index contributed by atoms with van der Waals surface area (Å²) in [5.74, 6) is 0.793. The Morgan fingerprint density at radius 1 is 1.09 bits per heavy atom. The monoisotopic (exact) mass is 454 g/mol. The smallest absolute Gasteiger partial charge is 0.358 e. The number of aryl methyl sites for hydroxylation is 1. The summed E-state index contributed by atoms with van der Waals surface area (Å²) in [7, 11) is 0. The number of ether oxygens (including phenoxy) is 4. The number of hydrogen-bond donors (Lipinski definition) is 1. The van der Waals surface area contributed by atoms with Crippen molar-refractivity contribution in [1.82, 2.24) is 4.98 Å². The van der Waals surface area contributed by atoms with E-state index in [0.29, 0.717) is 35.4 Å². The van der Waals surface area contributed by atoms with Crippen LogP contribution in [0.15, 0.2) is 47.8 Å². The van der Waals surface area contributed by atoms with Gasteiger partial charge in [-0.15, -0.1) is 11.3 Å². The van der Waals surface area contributed by atoms with Gasteiger partial charge in [0.1, 0.15) is 17.4 Å². The fourth-order valence-electron chi connectivity index (χ4n) is 2.89. The normalized spacial score (nSPS) is 12.5. The molecule has 1 aromatic heterocycles. The van der Waals surface area contributed by atoms with E-state index in [9.17, 15) is 9.59 Å². The Labute approximate surface area is 189 Å². The topological polar surface area (TPSA) is 96.0 Å². The van der Waals surface area contributed by atoms with Gasteiger partial charge in [-0.1, -0.05) is 17.7 Å². The second kappa shape index (κ2) is 10.1. The summed E-state index contributed by atoms with van der Waals surface area (Å²) in [5, 5.41) is 4.89. The molecule has 4 rings (SSSR count). The standard InChI is InChI=1S/C23H22N2O6S/c1-15-3-6-17(7-4-15)30-13-22-25-18(14-32-22)23(27)31-12-21(26)24-16-5-8-19-20(11-16)29-10-2-9-28-19/h3-8,11,14H,2,9-10,12-13H2,1H3,(H,24,26). The average Bonchev–Trinajstić information content (AvgIpc) is 3.15. The van der Waals surface area contributed by atoms with Crippen LogP contribution in [0, 0.1) is 6.92 Å². The summed E-state index contributed by atoms with van der Waals surface area (Å²) < 4.78 is 21.9. The Bertz CT molecular complexity index is 1100. The lowest BCUT2D eigenvalue weighted by molar-refractivity contribution is -0.119. The molecule has 0 saturated carbocycles. The number of amides is 1. The van der Waals surface area contributed by atoms with Gasteiger partial charge in [0, 0.05) is 23.6 Å². The van der Waals surface area contributed by atoms with E-state index < -0.39 is 18.5 Å². The first-order valence-electron chi connectivity index (χ1n) is 10.1. The first-order chi connectivity index (χ1) is 15.6. The SMILES string of the molecule is Cc1ccc(OCc2nc(C(=O)OCC(=O)Nc3ccc4c(c3)OCCCO4)cs2)cc1. The van der Waals surface area contributed by atoms with Gasteiger partial charge in [0.2, 0.25) is 0 Å². The van der Waals surface area contributed by atoms with E-state index in [2.05, 4.69) is 10.3 Å². The predicted octanol–water partition coefficient (Wildman–Crippen LogP) is 3.99.